The van der Waals surface area contributed by atoms with Crippen molar-refractivity contribution in [3.63, 3.8) is 0 Å². The highest BCUT2D eigenvalue weighted by Gasteiger charge is 2.33. The molecular formula is C22H25F2N5O. The van der Waals surface area contributed by atoms with Gasteiger partial charge in [0.15, 0.2) is 0 Å². The first-order valence-electron chi connectivity index (χ1n) is 9.94. The summed E-state index contributed by atoms with van der Waals surface area (Å²) in [6.45, 7) is 2.26. The second-order valence-electron chi connectivity index (χ2n) is 8.26. The zero-order chi connectivity index (χ0) is 21.6. The van der Waals surface area contributed by atoms with E-state index in [4.69, 9.17) is 0 Å². The normalized spacial score (nSPS) is 19.2. The first-order valence-corrected chi connectivity index (χ1v) is 9.94. The Morgan fingerprint density at radius 3 is 2.67 bits per heavy atom. The molecule has 1 amide bonds. The van der Waals surface area contributed by atoms with E-state index in [9.17, 15) is 13.6 Å². The molecule has 1 aliphatic rings. The van der Waals surface area contributed by atoms with Crippen LogP contribution in [0.1, 0.15) is 38.4 Å². The van der Waals surface area contributed by atoms with Crippen molar-refractivity contribution in [1.82, 2.24) is 19.4 Å². The number of nitrogens with one attached hydrogen (secondary N) is 1. The SMILES string of the molecule is CC(=O)Nc1cc2c(-c3cccc(C(C)(F)F)n3)cn(C3CC(N(C)C)C3)c2cn1. The lowest BCUT2D eigenvalue weighted by atomic mass is 9.85. The molecule has 0 spiro atoms. The molecule has 0 bridgehead atoms. The van der Waals surface area contributed by atoms with Crippen LogP contribution in [-0.4, -0.2) is 45.5 Å². The van der Waals surface area contributed by atoms with E-state index in [1.165, 1.54) is 13.0 Å². The highest BCUT2D eigenvalue weighted by Crippen LogP contribution is 2.41. The van der Waals surface area contributed by atoms with E-state index in [1.807, 2.05) is 6.20 Å². The summed E-state index contributed by atoms with van der Waals surface area (Å²) in [4.78, 5) is 22.3. The predicted molar refractivity (Wildman–Crippen MR) is 113 cm³/mol. The molecule has 4 rings (SSSR count). The number of amides is 1. The molecule has 30 heavy (non-hydrogen) atoms. The van der Waals surface area contributed by atoms with Crippen LogP contribution in [0.2, 0.25) is 0 Å². The number of fused-ring (bicyclic) bond motifs is 1. The summed E-state index contributed by atoms with van der Waals surface area (Å²) in [6.07, 6.45) is 5.71. The topological polar surface area (TPSA) is 63.1 Å². The number of hydrogen-bond acceptors (Lipinski definition) is 4. The second-order valence-corrected chi connectivity index (χ2v) is 8.26. The summed E-state index contributed by atoms with van der Waals surface area (Å²) >= 11 is 0. The molecule has 0 unspecified atom stereocenters. The third-order valence-electron chi connectivity index (χ3n) is 5.71. The molecule has 3 aromatic rings. The minimum Gasteiger partial charge on any atom is -0.342 e. The van der Waals surface area contributed by atoms with Crippen molar-refractivity contribution in [2.75, 3.05) is 19.4 Å². The molecule has 1 aliphatic carbocycles. The van der Waals surface area contributed by atoms with E-state index in [0.29, 0.717) is 23.6 Å². The predicted octanol–water partition coefficient (Wildman–Crippen LogP) is 4.43. The van der Waals surface area contributed by atoms with Crippen molar-refractivity contribution in [1.29, 1.82) is 0 Å². The van der Waals surface area contributed by atoms with Gasteiger partial charge in [-0.1, -0.05) is 6.07 Å². The van der Waals surface area contributed by atoms with Gasteiger partial charge in [0.05, 0.1) is 17.4 Å². The molecule has 0 saturated heterocycles. The van der Waals surface area contributed by atoms with Gasteiger partial charge in [-0.05, 0) is 45.1 Å². The van der Waals surface area contributed by atoms with Gasteiger partial charge in [-0.3, -0.25) is 4.79 Å². The summed E-state index contributed by atoms with van der Waals surface area (Å²) in [5.41, 5.74) is 1.85. The van der Waals surface area contributed by atoms with Crippen molar-refractivity contribution in [3.8, 4) is 11.3 Å². The molecular weight excluding hydrogens is 388 g/mol. The Bertz CT molecular complexity index is 1100. The van der Waals surface area contributed by atoms with E-state index in [0.717, 1.165) is 36.2 Å². The highest BCUT2D eigenvalue weighted by atomic mass is 19.3. The molecule has 0 atom stereocenters. The number of anilines is 1. The van der Waals surface area contributed by atoms with Gasteiger partial charge >= 0.3 is 0 Å². The summed E-state index contributed by atoms with van der Waals surface area (Å²) < 4.78 is 29.9. The van der Waals surface area contributed by atoms with Gasteiger partial charge in [-0.15, -0.1) is 0 Å². The lowest BCUT2D eigenvalue weighted by Crippen LogP contribution is -2.41. The van der Waals surface area contributed by atoms with Crippen LogP contribution in [0, 0.1) is 0 Å². The van der Waals surface area contributed by atoms with Gasteiger partial charge < -0.3 is 14.8 Å². The largest absolute Gasteiger partial charge is 0.342 e. The van der Waals surface area contributed by atoms with Crippen molar-refractivity contribution in [2.24, 2.45) is 0 Å². The monoisotopic (exact) mass is 413 g/mol. The Kier molecular flexibility index (Phi) is 5.05. The zero-order valence-electron chi connectivity index (χ0n) is 17.5. The molecule has 8 heteroatoms. The Labute approximate surface area is 173 Å². The van der Waals surface area contributed by atoms with Gasteiger partial charge in [0.2, 0.25) is 5.91 Å². The number of aromatic nitrogens is 3. The molecule has 158 valence electrons. The number of carbonyl (C=O) groups excluding carboxylic acids is 1. The average molecular weight is 413 g/mol. The van der Waals surface area contributed by atoms with Crippen molar-refractivity contribution < 1.29 is 13.6 Å². The number of carbonyl (C=O) groups is 1. The van der Waals surface area contributed by atoms with Crippen LogP contribution >= 0.6 is 0 Å². The minimum absolute atomic E-state index is 0.221. The molecule has 1 N–H and O–H groups in total. The maximum atomic E-state index is 13.9. The van der Waals surface area contributed by atoms with Crippen LogP contribution in [0.15, 0.2) is 36.7 Å². The van der Waals surface area contributed by atoms with E-state index in [1.54, 1.807) is 24.4 Å². The Balaban J connectivity index is 1.82. The number of alkyl halides is 2. The third-order valence-corrected chi connectivity index (χ3v) is 5.71. The maximum Gasteiger partial charge on any atom is 0.286 e. The lowest BCUT2D eigenvalue weighted by molar-refractivity contribution is -0.114. The molecule has 6 nitrogen and oxygen atoms in total. The number of nitrogens with zero attached hydrogens (tertiary/aromatic N) is 4. The summed E-state index contributed by atoms with van der Waals surface area (Å²) in [5.74, 6) is -2.82. The van der Waals surface area contributed by atoms with Gasteiger partial charge in [0.1, 0.15) is 11.5 Å². The summed E-state index contributed by atoms with van der Waals surface area (Å²) in [6, 6.07) is 7.26. The fourth-order valence-electron chi connectivity index (χ4n) is 3.94. The van der Waals surface area contributed by atoms with Crippen LogP contribution in [0.4, 0.5) is 14.6 Å². The van der Waals surface area contributed by atoms with Crippen molar-refractivity contribution >= 4 is 22.6 Å². The van der Waals surface area contributed by atoms with Gasteiger partial charge in [-0.2, -0.15) is 8.78 Å². The van der Waals surface area contributed by atoms with Crippen LogP contribution < -0.4 is 5.32 Å². The first-order chi connectivity index (χ1) is 14.1. The molecule has 1 saturated carbocycles. The van der Waals surface area contributed by atoms with Crippen LogP contribution in [0.3, 0.4) is 0 Å². The Morgan fingerprint density at radius 2 is 2.03 bits per heavy atom. The van der Waals surface area contributed by atoms with E-state index < -0.39 is 5.92 Å². The lowest BCUT2D eigenvalue weighted by Gasteiger charge is -2.40. The highest BCUT2D eigenvalue weighted by molar-refractivity contribution is 5.98. The first kappa shape index (κ1) is 20.4. The summed E-state index contributed by atoms with van der Waals surface area (Å²) in [7, 11) is 4.14. The second kappa shape index (κ2) is 7.43. The molecule has 0 aliphatic heterocycles. The molecule has 0 aromatic carbocycles. The van der Waals surface area contributed by atoms with Crippen LogP contribution in [0.25, 0.3) is 22.2 Å². The van der Waals surface area contributed by atoms with Crippen molar-refractivity contribution in [3.05, 3.63) is 42.4 Å². The minimum atomic E-state index is -3.02. The fourth-order valence-corrected chi connectivity index (χ4v) is 3.94. The van der Waals surface area contributed by atoms with Gasteiger partial charge in [0.25, 0.3) is 5.92 Å². The van der Waals surface area contributed by atoms with Crippen molar-refractivity contribution in [2.45, 2.75) is 44.7 Å². The molecule has 3 aromatic heterocycles. The smallest absolute Gasteiger partial charge is 0.286 e. The Morgan fingerprint density at radius 1 is 1.30 bits per heavy atom. The standard InChI is InChI=1S/C22H25F2N5O/c1-13(30)26-21-10-16-17(18-6-5-7-20(27-18)22(2,23)24)12-29(19(16)11-25-21)15-8-14(9-15)28(3)4/h5-7,10-12,14-15H,8-9H2,1-4H3,(H,25,26,30). The fraction of sp³-hybridized carbons (Fsp3) is 0.409. The average Bonchev–Trinajstić information content (AvgIpc) is 2.98. The van der Waals surface area contributed by atoms with Crippen LogP contribution in [0.5, 0.6) is 0 Å². The maximum absolute atomic E-state index is 13.9. The van der Waals surface area contributed by atoms with Crippen LogP contribution in [-0.2, 0) is 10.7 Å². The van der Waals surface area contributed by atoms with E-state index in [2.05, 4.69) is 38.8 Å². The van der Waals surface area contributed by atoms with E-state index >= 15 is 0 Å². The van der Waals surface area contributed by atoms with Gasteiger partial charge in [0, 0.05) is 43.1 Å². The quantitative estimate of drug-likeness (QED) is 0.672. The number of pyridine rings is 2. The zero-order valence-corrected chi connectivity index (χ0v) is 17.5. The summed E-state index contributed by atoms with van der Waals surface area (Å²) in [5, 5.41) is 3.52. The van der Waals surface area contributed by atoms with E-state index in [-0.39, 0.29) is 11.6 Å². The van der Waals surface area contributed by atoms with Gasteiger partial charge in [-0.25, -0.2) is 9.97 Å². The molecule has 0 radical (unpaired) electrons. The number of halogens is 2. The number of rotatable bonds is 5. The Hall–Kier alpha value is -2.87. The number of hydrogen-bond donors (Lipinski definition) is 1. The molecule has 1 fully saturated rings. The third kappa shape index (κ3) is 3.79. The molecule has 3 heterocycles.